The molecule has 0 saturated carbocycles. The Hall–Kier alpha value is -2.38. The van der Waals surface area contributed by atoms with Crippen LogP contribution in [0.25, 0.3) is 0 Å². The second-order valence-electron chi connectivity index (χ2n) is 7.18. The number of hydrogen-bond donors (Lipinski definition) is 3. The summed E-state index contributed by atoms with van der Waals surface area (Å²) in [5, 5.41) is 16.9. The van der Waals surface area contributed by atoms with Crippen molar-refractivity contribution in [1.82, 2.24) is 10.6 Å². The van der Waals surface area contributed by atoms with Crippen molar-refractivity contribution in [2.75, 3.05) is 25.4 Å². The van der Waals surface area contributed by atoms with Crippen LogP contribution in [-0.2, 0) is 16.6 Å². The van der Waals surface area contributed by atoms with Crippen LogP contribution < -0.4 is 15.4 Å². The Kier molecular flexibility index (Phi) is 10.4. The Labute approximate surface area is 182 Å². The number of aliphatic imine (C=N–C) groups is 1. The highest BCUT2D eigenvalue weighted by Crippen LogP contribution is 2.20. The van der Waals surface area contributed by atoms with Crippen molar-refractivity contribution >= 4 is 16.8 Å². The number of rotatable bonds is 11. The van der Waals surface area contributed by atoms with Crippen molar-refractivity contribution in [3.05, 3.63) is 65.7 Å². The number of nitrogens with zero attached hydrogens (tertiary/aromatic N) is 1. The number of guanidine groups is 1. The molecule has 2 rings (SSSR count). The summed E-state index contributed by atoms with van der Waals surface area (Å²) in [5.74, 6) is 2.40. The number of aliphatic hydroxyl groups is 1. The molecule has 2 unspecified atom stereocenters. The summed E-state index contributed by atoms with van der Waals surface area (Å²) in [6, 6.07) is 17.3. The summed E-state index contributed by atoms with van der Waals surface area (Å²) < 4.78 is 18.0. The summed E-state index contributed by atoms with van der Waals surface area (Å²) in [5.41, 5.74) is 1.83. The fourth-order valence-electron chi connectivity index (χ4n) is 2.81. The third-order valence-corrected chi connectivity index (χ3v) is 5.49. The average molecular weight is 432 g/mol. The predicted molar refractivity (Wildman–Crippen MR) is 124 cm³/mol. The van der Waals surface area contributed by atoms with Crippen molar-refractivity contribution in [3.8, 4) is 5.75 Å². The van der Waals surface area contributed by atoms with Crippen molar-refractivity contribution in [2.24, 2.45) is 4.99 Å². The van der Waals surface area contributed by atoms with Gasteiger partial charge in [-0.3, -0.25) is 9.20 Å². The van der Waals surface area contributed by atoms with Crippen molar-refractivity contribution in [2.45, 2.75) is 38.7 Å². The minimum absolute atomic E-state index is 0.0763. The van der Waals surface area contributed by atoms with Gasteiger partial charge in [0.25, 0.3) is 0 Å². The lowest BCUT2D eigenvalue weighted by atomic mass is 10.1. The lowest BCUT2D eigenvalue weighted by molar-refractivity contribution is 0.185. The van der Waals surface area contributed by atoms with Gasteiger partial charge >= 0.3 is 0 Å². The Bertz CT molecular complexity index is 812. The molecule has 0 aromatic heterocycles. The minimum Gasteiger partial charge on any atom is -0.491 e. The first-order valence-corrected chi connectivity index (χ1v) is 11.8. The standard InChI is InChI=1S/C23H33N3O3S/c1-4-24-23(25-13-14-30(28)17-19-9-6-5-7-10-19)26-16-22(27)20-11-8-12-21(15-20)29-18(2)3/h5-12,15,18,22,27H,4,13-14,16-17H2,1-3H3,(H2,24,25,26). The van der Waals surface area contributed by atoms with Crippen LogP contribution in [0, 0.1) is 0 Å². The fourth-order valence-corrected chi connectivity index (χ4v) is 3.85. The molecule has 0 radical (unpaired) electrons. The van der Waals surface area contributed by atoms with Crippen molar-refractivity contribution in [1.29, 1.82) is 0 Å². The molecule has 0 fully saturated rings. The van der Waals surface area contributed by atoms with Gasteiger partial charge in [-0.15, -0.1) is 0 Å². The van der Waals surface area contributed by atoms with Gasteiger partial charge in [0.2, 0.25) is 0 Å². The van der Waals surface area contributed by atoms with Gasteiger partial charge in [0.1, 0.15) is 5.75 Å². The van der Waals surface area contributed by atoms with E-state index in [1.165, 1.54) is 0 Å². The molecule has 30 heavy (non-hydrogen) atoms. The zero-order valence-electron chi connectivity index (χ0n) is 18.0. The Morgan fingerprint density at radius 1 is 1.13 bits per heavy atom. The average Bonchev–Trinajstić information content (AvgIpc) is 2.72. The van der Waals surface area contributed by atoms with E-state index in [1.54, 1.807) is 0 Å². The molecule has 0 amide bonds. The maximum Gasteiger partial charge on any atom is 0.191 e. The van der Waals surface area contributed by atoms with Crippen LogP contribution in [0.1, 0.15) is 38.0 Å². The lowest BCUT2D eigenvalue weighted by Crippen LogP contribution is -2.39. The zero-order valence-corrected chi connectivity index (χ0v) is 18.8. The van der Waals surface area contributed by atoms with Gasteiger partial charge in [-0.1, -0.05) is 42.5 Å². The van der Waals surface area contributed by atoms with Gasteiger partial charge in [0, 0.05) is 35.4 Å². The predicted octanol–water partition coefficient (Wildman–Crippen LogP) is 3.01. The van der Waals surface area contributed by atoms with E-state index < -0.39 is 16.9 Å². The normalized spacial score (nSPS) is 13.7. The highest BCUT2D eigenvalue weighted by Gasteiger charge is 2.10. The SMILES string of the molecule is CCNC(=NCC(O)c1cccc(OC(C)C)c1)NCCS(=O)Cc1ccccc1. The van der Waals surface area contributed by atoms with E-state index in [9.17, 15) is 9.32 Å². The Morgan fingerprint density at radius 2 is 1.90 bits per heavy atom. The maximum atomic E-state index is 12.3. The lowest BCUT2D eigenvalue weighted by Gasteiger charge is -2.15. The molecule has 2 atom stereocenters. The molecule has 164 valence electrons. The van der Waals surface area contributed by atoms with Crippen LogP contribution in [-0.4, -0.2) is 46.8 Å². The third-order valence-electron chi connectivity index (χ3n) is 4.17. The Balaban J connectivity index is 1.85. The molecule has 3 N–H and O–H groups in total. The van der Waals surface area contributed by atoms with Gasteiger partial charge in [0.05, 0.1) is 18.8 Å². The summed E-state index contributed by atoms with van der Waals surface area (Å²) >= 11 is 0. The molecule has 7 heteroatoms. The molecule has 2 aromatic rings. The van der Waals surface area contributed by atoms with Gasteiger partial charge in [-0.2, -0.15) is 0 Å². The van der Waals surface area contributed by atoms with Crippen LogP contribution in [0.4, 0.5) is 0 Å². The summed E-state index contributed by atoms with van der Waals surface area (Å²) in [6.45, 7) is 7.37. The van der Waals surface area contributed by atoms with Crippen LogP contribution in [0.2, 0.25) is 0 Å². The van der Waals surface area contributed by atoms with Gasteiger partial charge in [0.15, 0.2) is 5.96 Å². The summed E-state index contributed by atoms with van der Waals surface area (Å²) in [6.07, 6.45) is -0.657. The smallest absolute Gasteiger partial charge is 0.191 e. The van der Waals surface area contributed by atoms with Gasteiger partial charge in [-0.25, -0.2) is 0 Å². The van der Waals surface area contributed by atoms with Crippen LogP contribution >= 0.6 is 0 Å². The molecule has 0 aliphatic carbocycles. The van der Waals surface area contributed by atoms with E-state index in [0.717, 1.165) is 16.9 Å². The number of aliphatic hydroxyl groups excluding tert-OH is 1. The molecule has 0 bridgehead atoms. The number of ether oxygens (including phenoxy) is 1. The highest BCUT2D eigenvalue weighted by atomic mass is 32.2. The highest BCUT2D eigenvalue weighted by molar-refractivity contribution is 7.84. The zero-order chi connectivity index (χ0) is 21.8. The van der Waals surface area contributed by atoms with E-state index in [0.29, 0.717) is 30.6 Å². The molecular formula is C23H33N3O3S. The molecule has 6 nitrogen and oxygen atoms in total. The number of nitrogens with one attached hydrogen (secondary N) is 2. The van der Waals surface area contributed by atoms with Crippen LogP contribution in [0.5, 0.6) is 5.75 Å². The van der Waals surface area contributed by atoms with E-state index in [-0.39, 0.29) is 12.6 Å². The largest absolute Gasteiger partial charge is 0.491 e. The van der Waals surface area contributed by atoms with E-state index >= 15 is 0 Å². The van der Waals surface area contributed by atoms with E-state index in [1.807, 2.05) is 75.4 Å². The second-order valence-corrected chi connectivity index (χ2v) is 8.75. The molecule has 0 spiro atoms. The second kappa shape index (κ2) is 13.0. The van der Waals surface area contributed by atoms with Crippen LogP contribution in [0.15, 0.2) is 59.6 Å². The first-order chi connectivity index (χ1) is 14.5. The fraction of sp³-hybridized carbons (Fsp3) is 0.435. The molecule has 0 aliphatic rings. The number of benzene rings is 2. The minimum atomic E-state index is -0.950. The van der Waals surface area contributed by atoms with Crippen molar-refractivity contribution < 1.29 is 14.1 Å². The molecule has 0 aliphatic heterocycles. The van der Waals surface area contributed by atoms with E-state index in [4.69, 9.17) is 4.74 Å². The molecular weight excluding hydrogens is 398 g/mol. The topological polar surface area (TPSA) is 83.0 Å². The molecule has 0 saturated heterocycles. The molecule has 2 aromatic carbocycles. The first kappa shape index (κ1) is 23.9. The monoisotopic (exact) mass is 431 g/mol. The Morgan fingerprint density at radius 3 is 2.60 bits per heavy atom. The third kappa shape index (κ3) is 8.97. The van der Waals surface area contributed by atoms with Crippen LogP contribution in [0.3, 0.4) is 0 Å². The first-order valence-electron chi connectivity index (χ1n) is 10.3. The van der Waals surface area contributed by atoms with E-state index in [2.05, 4.69) is 15.6 Å². The quantitative estimate of drug-likeness (QED) is 0.376. The number of hydrogen-bond acceptors (Lipinski definition) is 4. The van der Waals surface area contributed by atoms with Gasteiger partial charge < -0.3 is 20.5 Å². The summed E-state index contributed by atoms with van der Waals surface area (Å²) in [4.78, 5) is 4.47. The van der Waals surface area contributed by atoms with Gasteiger partial charge in [-0.05, 0) is 44.0 Å². The van der Waals surface area contributed by atoms with Crippen molar-refractivity contribution in [3.63, 3.8) is 0 Å². The summed E-state index contributed by atoms with van der Waals surface area (Å²) in [7, 11) is -0.950. The maximum absolute atomic E-state index is 12.3. The molecule has 0 heterocycles.